The third-order valence-electron chi connectivity index (χ3n) is 2.81. The van der Waals surface area contributed by atoms with Gasteiger partial charge in [-0.2, -0.15) is 5.10 Å². The van der Waals surface area contributed by atoms with E-state index in [-0.39, 0.29) is 0 Å². The van der Waals surface area contributed by atoms with Crippen LogP contribution in [0.15, 0.2) is 6.33 Å². The Morgan fingerprint density at radius 3 is 3.00 bits per heavy atom. The molecule has 5 heteroatoms. The fourth-order valence-electron chi connectivity index (χ4n) is 2.04. The second-order valence-corrected chi connectivity index (χ2v) is 5.49. The molecule has 1 aliphatic heterocycles. The predicted molar refractivity (Wildman–Crippen MR) is 64.4 cm³/mol. The van der Waals surface area contributed by atoms with Crippen LogP contribution in [0.3, 0.4) is 0 Å². The van der Waals surface area contributed by atoms with Gasteiger partial charge in [0.2, 0.25) is 0 Å². The molecule has 1 atom stereocenters. The van der Waals surface area contributed by atoms with Crippen LogP contribution in [-0.2, 0) is 13.1 Å². The molecule has 0 bridgehead atoms. The average Bonchev–Trinajstić information content (AvgIpc) is 2.77. The lowest BCUT2D eigenvalue weighted by Gasteiger charge is -2.15. The van der Waals surface area contributed by atoms with Crippen molar-refractivity contribution in [2.75, 3.05) is 13.1 Å². The van der Waals surface area contributed by atoms with Crippen molar-refractivity contribution in [2.45, 2.75) is 38.7 Å². The Labute approximate surface area is 102 Å². The average molecular weight is 243 g/mol. The summed E-state index contributed by atoms with van der Waals surface area (Å²) in [5.74, 6) is 1.65. The van der Waals surface area contributed by atoms with Gasteiger partial charge < -0.3 is 0 Å². The van der Waals surface area contributed by atoms with Crippen LogP contribution in [0.5, 0.6) is 0 Å². The Balaban J connectivity index is 1.96. The summed E-state index contributed by atoms with van der Waals surface area (Å²) in [6, 6.07) is 0. The highest BCUT2D eigenvalue weighted by Gasteiger charge is 2.21. The SMILES string of the molecule is CC(C)Cn1ncnc1CN1CCC(Cl)C1. The van der Waals surface area contributed by atoms with Crippen LogP contribution in [0.1, 0.15) is 26.1 Å². The Kier molecular flexibility index (Phi) is 3.82. The maximum Gasteiger partial charge on any atom is 0.141 e. The van der Waals surface area contributed by atoms with Crippen molar-refractivity contribution in [3.05, 3.63) is 12.2 Å². The number of alkyl halides is 1. The van der Waals surface area contributed by atoms with Gasteiger partial charge in [0.05, 0.1) is 6.54 Å². The van der Waals surface area contributed by atoms with Crippen molar-refractivity contribution in [1.82, 2.24) is 19.7 Å². The highest BCUT2D eigenvalue weighted by Crippen LogP contribution is 2.16. The van der Waals surface area contributed by atoms with E-state index in [0.717, 1.165) is 38.4 Å². The minimum Gasteiger partial charge on any atom is -0.294 e. The lowest BCUT2D eigenvalue weighted by atomic mass is 10.2. The molecule has 0 aliphatic carbocycles. The van der Waals surface area contributed by atoms with Gasteiger partial charge in [-0.1, -0.05) is 13.8 Å². The molecule has 0 saturated carbocycles. The highest BCUT2D eigenvalue weighted by atomic mass is 35.5. The number of nitrogens with zero attached hydrogens (tertiary/aromatic N) is 4. The molecule has 0 amide bonds. The molecule has 1 aromatic heterocycles. The van der Waals surface area contributed by atoms with Crippen LogP contribution >= 0.6 is 11.6 Å². The van der Waals surface area contributed by atoms with E-state index in [1.807, 2.05) is 4.68 Å². The summed E-state index contributed by atoms with van der Waals surface area (Å²) in [7, 11) is 0. The van der Waals surface area contributed by atoms with Gasteiger partial charge in [0.25, 0.3) is 0 Å². The molecular weight excluding hydrogens is 224 g/mol. The first-order valence-corrected chi connectivity index (χ1v) is 6.32. The number of likely N-dealkylation sites (tertiary alicyclic amines) is 1. The van der Waals surface area contributed by atoms with Crippen LogP contribution in [0.4, 0.5) is 0 Å². The number of aromatic nitrogens is 3. The third kappa shape index (κ3) is 2.95. The van der Waals surface area contributed by atoms with Gasteiger partial charge in [-0.25, -0.2) is 9.67 Å². The molecule has 1 saturated heterocycles. The topological polar surface area (TPSA) is 34.0 Å². The lowest BCUT2D eigenvalue weighted by molar-refractivity contribution is 0.309. The summed E-state index contributed by atoms with van der Waals surface area (Å²) in [5.41, 5.74) is 0. The molecule has 1 aliphatic rings. The second kappa shape index (κ2) is 5.15. The molecule has 1 unspecified atom stereocenters. The summed E-state index contributed by atoms with van der Waals surface area (Å²) < 4.78 is 2.01. The zero-order chi connectivity index (χ0) is 11.5. The Hall–Kier alpha value is -0.610. The largest absolute Gasteiger partial charge is 0.294 e. The van der Waals surface area contributed by atoms with Crippen molar-refractivity contribution in [3.63, 3.8) is 0 Å². The highest BCUT2D eigenvalue weighted by molar-refractivity contribution is 6.20. The van der Waals surface area contributed by atoms with Crippen molar-refractivity contribution >= 4 is 11.6 Å². The number of hydrogen-bond donors (Lipinski definition) is 0. The van der Waals surface area contributed by atoms with Gasteiger partial charge in [-0.3, -0.25) is 4.90 Å². The van der Waals surface area contributed by atoms with Crippen LogP contribution in [0.25, 0.3) is 0 Å². The first-order valence-electron chi connectivity index (χ1n) is 5.88. The van der Waals surface area contributed by atoms with Gasteiger partial charge in [-0.15, -0.1) is 11.6 Å². The maximum absolute atomic E-state index is 6.09. The summed E-state index contributed by atoms with van der Waals surface area (Å²) >= 11 is 6.09. The third-order valence-corrected chi connectivity index (χ3v) is 3.17. The van der Waals surface area contributed by atoms with Crippen molar-refractivity contribution in [3.8, 4) is 0 Å². The summed E-state index contributed by atoms with van der Waals surface area (Å²) in [4.78, 5) is 6.67. The van der Waals surface area contributed by atoms with Crippen molar-refractivity contribution < 1.29 is 0 Å². The van der Waals surface area contributed by atoms with Crippen molar-refractivity contribution in [1.29, 1.82) is 0 Å². The normalized spacial score (nSPS) is 22.1. The van der Waals surface area contributed by atoms with E-state index in [4.69, 9.17) is 11.6 Å². The van der Waals surface area contributed by atoms with Gasteiger partial charge in [0.15, 0.2) is 0 Å². The fourth-order valence-corrected chi connectivity index (χ4v) is 2.33. The first kappa shape index (κ1) is 11.9. The molecule has 0 N–H and O–H groups in total. The molecule has 1 aromatic rings. The first-order chi connectivity index (χ1) is 7.65. The molecule has 1 fully saturated rings. The van der Waals surface area contributed by atoms with Crippen LogP contribution < -0.4 is 0 Å². The lowest BCUT2D eigenvalue weighted by Crippen LogP contribution is -2.23. The van der Waals surface area contributed by atoms with E-state index >= 15 is 0 Å². The van der Waals surface area contributed by atoms with Gasteiger partial charge in [-0.05, 0) is 12.3 Å². The van der Waals surface area contributed by atoms with Gasteiger partial charge >= 0.3 is 0 Å². The van der Waals surface area contributed by atoms with Crippen LogP contribution in [-0.4, -0.2) is 38.1 Å². The van der Waals surface area contributed by atoms with E-state index in [2.05, 4.69) is 28.8 Å². The van der Waals surface area contributed by atoms with Crippen molar-refractivity contribution in [2.24, 2.45) is 5.92 Å². The second-order valence-electron chi connectivity index (χ2n) is 4.87. The van der Waals surface area contributed by atoms with Crippen LogP contribution in [0, 0.1) is 5.92 Å². The minimum absolute atomic E-state index is 0.307. The predicted octanol–water partition coefficient (Wildman–Crippen LogP) is 1.75. The molecule has 0 radical (unpaired) electrons. The van der Waals surface area contributed by atoms with Crippen LogP contribution in [0.2, 0.25) is 0 Å². The summed E-state index contributed by atoms with van der Waals surface area (Å²) in [6.45, 7) is 8.23. The maximum atomic E-state index is 6.09. The standard InChI is InChI=1S/C11H19ClN4/c1-9(2)5-16-11(13-8-14-16)7-15-4-3-10(12)6-15/h8-10H,3-7H2,1-2H3. The number of rotatable bonds is 4. The Morgan fingerprint density at radius 1 is 1.56 bits per heavy atom. The number of halogens is 1. The zero-order valence-corrected chi connectivity index (χ0v) is 10.7. The molecule has 2 heterocycles. The Bertz CT molecular complexity index is 336. The van der Waals surface area contributed by atoms with E-state index in [9.17, 15) is 0 Å². The summed E-state index contributed by atoms with van der Waals surface area (Å²) in [5, 5.41) is 4.57. The molecule has 4 nitrogen and oxygen atoms in total. The molecule has 90 valence electrons. The smallest absolute Gasteiger partial charge is 0.141 e. The van der Waals surface area contributed by atoms with Gasteiger partial charge in [0.1, 0.15) is 12.2 Å². The summed E-state index contributed by atoms with van der Waals surface area (Å²) in [6.07, 6.45) is 2.73. The minimum atomic E-state index is 0.307. The molecule has 0 aromatic carbocycles. The molecular formula is C11H19ClN4. The fraction of sp³-hybridized carbons (Fsp3) is 0.818. The quantitative estimate of drug-likeness (QED) is 0.755. The van der Waals surface area contributed by atoms with E-state index in [1.54, 1.807) is 6.33 Å². The Morgan fingerprint density at radius 2 is 2.38 bits per heavy atom. The van der Waals surface area contributed by atoms with E-state index in [1.165, 1.54) is 0 Å². The molecule has 16 heavy (non-hydrogen) atoms. The van der Waals surface area contributed by atoms with Gasteiger partial charge in [0, 0.05) is 25.0 Å². The molecule has 0 spiro atoms. The van der Waals surface area contributed by atoms with E-state index < -0.39 is 0 Å². The zero-order valence-electron chi connectivity index (χ0n) is 9.93. The molecule has 2 rings (SSSR count). The monoisotopic (exact) mass is 242 g/mol. The van der Waals surface area contributed by atoms with E-state index in [0.29, 0.717) is 11.3 Å². The number of hydrogen-bond acceptors (Lipinski definition) is 3.